The number of aromatic nitrogens is 1. The summed E-state index contributed by atoms with van der Waals surface area (Å²) >= 11 is 0. The first-order valence-electron chi connectivity index (χ1n) is 11.9. The molecular weight excluding hydrogens is 375 g/mol. The molecule has 3 nitrogen and oxygen atoms in total. The minimum absolute atomic E-state index is 0.0720. The van der Waals surface area contributed by atoms with Crippen molar-refractivity contribution < 1.29 is 9.18 Å². The molecule has 0 saturated heterocycles. The molecule has 2 saturated carbocycles. The number of halogens is 1. The van der Waals surface area contributed by atoms with Crippen LogP contribution in [0.25, 0.3) is 10.9 Å². The zero-order valence-corrected chi connectivity index (χ0v) is 18.4. The molecule has 2 aliphatic rings. The zero-order valence-electron chi connectivity index (χ0n) is 18.4. The van der Waals surface area contributed by atoms with Gasteiger partial charge in [0.05, 0.1) is 5.52 Å². The van der Waals surface area contributed by atoms with Crippen LogP contribution >= 0.6 is 0 Å². The van der Waals surface area contributed by atoms with Gasteiger partial charge < -0.3 is 5.32 Å². The van der Waals surface area contributed by atoms with Gasteiger partial charge >= 0.3 is 0 Å². The van der Waals surface area contributed by atoms with Crippen molar-refractivity contribution in [3.63, 3.8) is 0 Å². The van der Waals surface area contributed by atoms with E-state index in [9.17, 15) is 9.18 Å². The van der Waals surface area contributed by atoms with E-state index in [2.05, 4.69) is 30.2 Å². The first kappa shape index (κ1) is 21.3. The Hall–Kier alpha value is -1.97. The van der Waals surface area contributed by atoms with Gasteiger partial charge in [-0.05, 0) is 92.5 Å². The third-order valence-electron chi connectivity index (χ3n) is 7.65. The molecule has 0 bridgehead atoms. The summed E-state index contributed by atoms with van der Waals surface area (Å²) in [6, 6.07) is 7.29. The van der Waals surface area contributed by atoms with Crippen LogP contribution in [0, 0.1) is 23.6 Å². The van der Waals surface area contributed by atoms with E-state index in [0.29, 0.717) is 17.9 Å². The topological polar surface area (TPSA) is 42.0 Å². The van der Waals surface area contributed by atoms with Crippen molar-refractivity contribution in [2.24, 2.45) is 17.8 Å². The van der Waals surface area contributed by atoms with E-state index in [-0.39, 0.29) is 17.6 Å². The van der Waals surface area contributed by atoms with E-state index in [4.69, 9.17) is 0 Å². The molecule has 1 N–H and O–H groups in total. The molecule has 1 amide bonds. The van der Waals surface area contributed by atoms with Gasteiger partial charge in [-0.15, -0.1) is 0 Å². The number of pyridine rings is 1. The summed E-state index contributed by atoms with van der Waals surface area (Å²) in [5.41, 5.74) is 2.07. The molecule has 1 heterocycles. The van der Waals surface area contributed by atoms with Gasteiger partial charge in [0, 0.05) is 23.5 Å². The van der Waals surface area contributed by atoms with Crippen LogP contribution in [0.3, 0.4) is 0 Å². The maximum atomic E-state index is 13.8. The van der Waals surface area contributed by atoms with Gasteiger partial charge in [0.25, 0.3) is 0 Å². The van der Waals surface area contributed by atoms with Gasteiger partial charge in [0.1, 0.15) is 5.82 Å². The number of nitrogens with zero attached hydrogens (tertiary/aromatic N) is 1. The third-order valence-corrected chi connectivity index (χ3v) is 7.65. The Morgan fingerprint density at radius 2 is 1.97 bits per heavy atom. The molecule has 1 aromatic carbocycles. The van der Waals surface area contributed by atoms with Crippen LogP contribution < -0.4 is 5.32 Å². The summed E-state index contributed by atoms with van der Waals surface area (Å²) in [7, 11) is 0. The van der Waals surface area contributed by atoms with E-state index < -0.39 is 0 Å². The summed E-state index contributed by atoms with van der Waals surface area (Å²) in [4.78, 5) is 17.3. The summed E-state index contributed by atoms with van der Waals surface area (Å²) < 4.78 is 13.8. The Morgan fingerprint density at radius 3 is 2.73 bits per heavy atom. The van der Waals surface area contributed by atoms with Crippen LogP contribution in [0.4, 0.5) is 4.39 Å². The number of fused-ring (bicyclic) bond motifs is 1. The lowest BCUT2D eigenvalue weighted by atomic mass is 9.73. The maximum absolute atomic E-state index is 13.8. The maximum Gasteiger partial charge on any atom is 0.223 e. The highest BCUT2D eigenvalue weighted by Crippen LogP contribution is 2.41. The number of nitrogens with one attached hydrogen (secondary N) is 1. The monoisotopic (exact) mass is 410 g/mol. The fourth-order valence-electron chi connectivity index (χ4n) is 5.85. The fourth-order valence-corrected chi connectivity index (χ4v) is 5.85. The summed E-state index contributed by atoms with van der Waals surface area (Å²) in [6.07, 6.45) is 12.2. The van der Waals surface area contributed by atoms with E-state index in [0.717, 1.165) is 55.3 Å². The number of carbonyl (C=O) groups is 1. The summed E-state index contributed by atoms with van der Waals surface area (Å²) in [5, 5.41) is 4.29. The second kappa shape index (κ2) is 9.45. The van der Waals surface area contributed by atoms with Crippen LogP contribution in [0.15, 0.2) is 30.5 Å². The minimum atomic E-state index is -0.205. The van der Waals surface area contributed by atoms with Crippen LogP contribution in [0.5, 0.6) is 0 Å². The van der Waals surface area contributed by atoms with E-state index in [1.807, 2.05) is 6.20 Å². The molecule has 0 radical (unpaired) electrons. The average Bonchev–Trinajstić information content (AvgIpc) is 3.20. The molecule has 0 aliphatic heterocycles. The smallest absolute Gasteiger partial charge is 0.223 e. The van der Waals surface area contributed by atoms with Crippen LogP contribution in [-0.2, 0) is 4.79 Å². The molecule has 162 valence electrons. The lowest BCUT2D eigenvalue weighted by Crippen LogP contribution is -2.39. The lowest BCUT2D eigenvalue weighted by molar-refractivity contribution is -0.127. The highest BCUT2D eigenvalue weighted by molar-refractivity contribution is 5.82. The minimum Gasteiger partial charge on any atom is -0.353 e. The first-order chi connectivity index (χ1) is 14.5. The van der Waals surface area contributed by atoms with Gasteiger partial charge in [-0.3, -0.25) is 9.78 Å². The van der Waals surface area contributed by atoms with Crippen molar-refractivity contribution in [2.75, 3.05) is 0 Å². The second-order valence-corrected chi connectivity index (χ2v) is 9.64. The van der Waals surface area contributed by atoms with Crippen molar-refractivity contribution >= 4 is 16.8 Å². The van der Waals surface area contributed by atoms with Crippen molar-refractivity contribution in [2.45, 2.75) is 83.6 Å². The number of benzene rings is 1. The van der Waals surface area contributed by atoms with Gasteiger partial charge in [0.2, 0.25) is 5.91 Å². The van der Waals surface area contributed by atoms with Crippen molar-refractivity contribution in [3.8, 4) is 0 Å². The van der Waals surface area contributed by atoms with Crippen molar-refractivity contribution in [1.82, 2.24) is 10.3 Å². The molecule has 30 heavy (non-hydrogen) atoms. The third kappa shape index (κ3) is 4.68. The predicted molar refractivity (Wildman–Crippen MR) is 120 cm³/mol. The number of rotatable bonds is 6. The standard InChI is InChI=1S/C26H35FN2O/c1-3-4-18-5-11-22(15-18)29-26(30)17(2)19-6-8-20(9-7-19)23-13-14-28-25-12-10-21(27)16-24(23)25/h10,12-14,16-20,22H,3-9,11,15H2,1-2H3,(H,29,30)/t17-,18?,19-,20+,22?/m1/s1. The quantitative estimate of drug-likeness (QED) is 0.601. The largest absolute Gasteiger partial charge is 0.353 e. The van der Waals surface area contributed by atoms with Gasteiger partial charge in [0.15, 0.2) is 0 Å². The number of amides is 1. The molecule has 3 atom stereocenters. The van der Waals surface area contributed by atoms with Gasteiger partial charge in [-0.2, -0.15) is 0 Å². The molecule has 4 heteroatoms. The summed E-state index contributed by atoms with van der Waals surface area (Å²) in [5.74, 6) is 1.78. The van der Waals surface area contributed by atoms with E-state index >= 15 is 0 Å². The predicted octanol–water partition coefficient (Wildman–Crippen LogP) is 6.37. The molecule has 4 rings (SSSR count). The summed E-state index contributed by atoms with van der Waals surface area (Å²) in [6.45, 7) is 4.35. The lowest BCUT2D eigenvalue weighted by Gasteiger charge is -2.33. The SMILES string of the molecule is CCCC1CCC(NC(=O)[C@H](C)[C@H]2CC[C@@H](c3ccnc4ccc(F)cc43)CC2)C1. The van der Waals surface area contributed by atoms with Crippen LogP contribution in [0.2, 0.25) is 0 Å². The van der Waals surface area contributed by atoms with Gasteiger partial charge in [-0.1, -0.05) is 26.7 Å². The van der Waals surface area contributed by atoms with Crippen LogP contribution in [-0.4, -0.2) is 16.9 Å². The number of carbonyl (C=O) groups excluding carboxylic acids is 1. The fraction of sp³-hybridized carbons (Fsp3) is 0.615. The molecule has 1 aromatic heterocycles. The highest BCUT2D eigenvalue weighted by atomic mass is 19.1. The van der Waals surface area contributed by atoms with E-state index in [1.165, 1.54) is 30.9 Å². The number of hydrogen-bond donors (Lipinski definition) is 1. The van der Waals surface area contributed by atoms with Gasteiger partial charge in [-0.25, -0.2) is 4.39 Å². The molecule has 0 spiro atoms. The Kier molecular flexibility index (Phi) is 6.70. The van der Waals surface area contributed by atoms with E-state index in [1.54, 1.807) is 12.1 Å². The van der Waals surface area contributed by atoms with Crippen molar-refractivity contribution in [3.05, 3.63) is 41.8 Å². The number of hydrogen-bond acceptors (Lipinski definition) is 2. The Morgan fingerprint density at radius 1 is 1.17 bits per heavy atom. The molecule has 2 aliphatic carbocycles. The zero-order chi connectivity index (χ0) is 21.1. The van der Waals surface area contributed by atoms with Crippen LogP contribution in [0.1, 0.15) is 83.1 Å². The highest BCUT2D eigenvalue weighted by Gasteiger charge is 2.32. The van der Waals surface area contributed by atoms with Crippen molar-refractivity contribution in [1.29, 1.82) is 0 Å². The molecule has 2 aromatic rings. The average molecular weight is 411 g/mol. The normalized spacial score (nSPS) is 27.8. The first-order valence-corrected chi connectivity index (χ1v) is 11.9. The second-order valence-electron chi connectivity index (χ2n) is 9.64. The Bertz CT molecular complexity index is 874. The molecular formula is C26H35FN2O. The molecule has 2 unspecified atom stereocenters. The Balaban J connectivity index is 1.33. The molecule has 2 fully saturated rings. The Labute approximate surface area is 179 Å².